The van der Waals surface area contributed by atoms with Crippen LogP contribution < -0.4 is 0 Å². The number of rotatable bonds is 81. The highest BCUT2D eigenvalue weighted by Gasteiger charge is 2.30. The molecule has 606 valence electrons. The van der Waals surface area contributed by atoms with Crippen LogP contribution in [0.5, 0.6) is 0 Å². The zero-order valence-electron chi connectivity index (χ0n) is 67.1. The summed E-state index contributed by atoms with van der Waals surface area (Å²) in [6.07, 6.45) is 62.5. The number of hydrogen-bond donors (Lipinski definition) is 3. The van der Waals surface area contributed by atoms with Gasteiger partial charge in [0.25, 0.3) is 0 Å². The number of esters is 4. The number of ether oxygens (including phenoxy) is 4. The van der Waals surface area contributed by atoms with Gasteiger partial charge < -0.3 is 33.8 Å². The lowest BCUT2D eigenvalue weighted by Gasteiger charge is -2.21. The maximum atomic E-state index is 13.1. The molecular formula is C83H162O17P2. The largest absolute Gasteiger partial charge is 0.472 e. The van der Waals surface area contributed by atoms with E-state index in [0.717, 1.165) is 108 Å². The highest BCUT2D eigenvalue weighted by molar-refractivity contribution is 7.47. The van der Waals surface area contributed by atoms with Gasteiger partial charge in [0, 0.05) is 25.7 Å². The fourth-order valence-corrected chi connectivity index (χ4v) is 14.4. The van der Waals surface area contributed by atoms with Crippen molar-refractivity contribution in [1.82, 2.24) is 0 Å². The number of phosphoric acid groups is 2. The van der Waals surface area contributed by atoms with E-state index in [1.165, 1.54) is 238 Å². The molecule has 0 aromatic heterocycles. The fourth-order valence-electron chi connectivity index (χ4n) is 12.8. The molecule has 19 heteroatoms. The molecule has 0 aliphatic carbocycles. The summed E-state index contributed by atoms with van der Waals surface area (Å²) in [7, 11) is -9.92. The van der Waals surface area contributed by atoms with Crippen LogP contribution in [0.15, 0.2) is 0 Å². The van der Waals surface area contributed by atoms with E-state index in [2.05, 4.69) is 48.5 Å². The summed E-state index contributed by atoms with van der Waals surface area (Å²) < 4.78 is 68.8. The first-order chi connectivity index (χ1) is 49.2. The molecule has 0 aromatic carbocycles. The van der Waals surface area contributed by atoms with Gasteiger partial charge in [-0.25, -0.2) is 9.13 Å². The van der Waals surface area contributed by atoms with Crippen LogP contribution in [0.2, 0.25) is 0 Å². The Hall–Kier alpha value is -1.94. The Bertz CT molecular complexity index is 1970. The second kappa shape index (κ2) is 73.2. The highest BCUT2D eigenvalue weighted by Crippen LogP contribution is 2.45. The van der Waals surface area contributed by atoms with Crippen LogP contribution in [0.1, 0.15) is 434 Å². The van der Waals surface area contributed by atoms with E-state index >= 15 is 0 Å². The van der Waals surface area contributed by atoms with Gasteiger partial charge in [0.2, 0.25) is 0 Å². The number of carbonyl (C=O) groups excluding carboxylic acids is 4. The van der Waals surface area contributed by atoms with E-state index < -0.39 is 97.5 Å². The Morgan fingerprint density at radius 2 is 0.451 bits per heavy atom. The molecule has 0 saturated heterocycles. The van der Waals surface area contributed by atoms with Crippen LogP contribution in [0.25, 0.3) is 0 Å². The average Bonchev–Trinajstić information content (AvgIpc) is 0.914. The lowest BCUT2D eigenvalue weighted by Crippen LogP contribution is -2.30. The van der Waals surface area contributed by atoms with Crippen molar-refractivity contribution in [2.75, 3.05) is 39.6 Å². The van der Waals surface area contributed by atoms with Crippen molar-refractivity contribution >= 4 is 39.5 Å². The molecule has 0 aliphatic rings. The van der Waals surface area contributed by atoms with Crippen molar-refractivity contribution in [3.8, 4) is 0 Å². The fraction of sp³-hybridized carbons (Fsp3) is 0.952. The van der Waals surface area contributed by atoms with Crippen molar-refractivity contribution < 1.29 is 80.2 Å². The molecule has 17 nitrogen and oxygen atoms in total. The summed E-state index contributed by atoms with van der Waals surface area (Å²) in [6, 6.07) is 0. The van der Waals surface area contributed by atoms with Gasteiger partial charge >= 0.3 is 39.5 Å². The lowest BCUT2D eigenvalue weighted by atomic mass is 10.0. The third kappa shape index (κ3) is 76.3. The van der Waals surface area contributed by atoms with Gasteiger partial charge in [-0.1, -0.05) is 382 Å². The van der Waals surface area contributed by atoms with Crippen molar-refractivity contribution in [1.29, 1.82) is 0 Å². The summed E-state index contributed by atoms with van der Waals surface area (Å²) >= 11 is 0. The average molecular weight is 1490 g/mol. The van der Waals surface area contributed by atoms with Crippen LogP contribution in [-0.2, 0) is 65.4 Å². The van der Waals surface area contributed by atoms with Crippen molar-refractivity contribution in [3.05, 3.63) is 0 Å². The van der Waals surface area contributed by atoms with E-state index in [-0.39, 0.29) is 25.7 Å². The Kier molecular flexibility index (Phi) is 71.8. The molecule has 0 heterocycles. The molecule has 0 aliphatic heterocycles. The molecule has 0 rings (SSSR count). The molecule has 0 fully saturated rings. The van der Waals surface area contributed by atoms with Gasteiger partial charge in [0.1, 0.15) is 19.3 Å². The normalized spacial score (nSPS) is 13.9. The van der Waals surface area contributed by atoms with E-state index in [9.17, 15) is 43.2 Å². The lowest BCUT2D eigenvalue weighted by molar-refractivity contribution is -0.161. The number of carbonyl (C=O) groups is 4. The minimum absolute atomic E-state index is 0.107. The third-order valence-corrected chi connectivity index (χ3v) is 21.3. The quantitative estimate of drug-likeness (QED) is 0.0222. The van der Waals surface area contributed by atoms with Crippen molar-refractivity contribution in [2.45, 2.75) is 452 Å². The van der Waals surface area contributed by atoms with Crippen LogP contribution in [0, 0.1) is 17.8 Å². The summed E-state index contributed by atoms with van der Waals surface area (Å²) in [5.74, 6) is 0.191. The molecule has 0 saturated carbocycles. The predicted octanol–water partition coefficient (Wildman–Crippen LogP) is 24.9. The summed E-state index contributed by atoms with van der Waals surface area (Å²) in [5, 5.41) is 10.7. The SMILES string of the molecule is CCCCCCCCCCCCCCCCCCCCC(=O)O[C@H](COC(=O)CCCCCCCCCCCCCCCCC(C)C)COP(=O)(O)OC[C@@H](O)COP(=O)(O)OC[C@@H](COC(=O)CCCCCCCCCC(C)C)OC(=O)CCCCCCCCCCCCCCCCC(C)C. The molecule has 0 bridgehead atoms. The first-order valence-electron chi connectivity index (χ1n) is 42.8. The zero-order chi connectivity index (χ0) is 75.1. The second-order valence-corrected chi connectivity index (χ2v) is 34.2. The van der Waals surface area contributed by atoms with Gasteiger partial charge in [0.05, 0.1) is 26.4 Å². The first kappa shape index (κ1) is 100. The van der Waals surface area contributed by atoms with Gasteiger partial charge in [-0.15, -0.1) is 0 Å². The number of aliphatic hydroxyl groups excluding tert-OH is 1. The third-order valence-electron chi connectivity index (χ3n) is 19.4. The van der Waals surface area contributed by atoms with E-state index in [1.54, 1.807) is 0 Å². The molecule has 2 unspecified atom stereocenters. The topological polar surface area (TPSA) is 237 Å². The molecular weight excluding hydrogens is 1330 g/mol. The molecule has 5 atom stereocenters. The number of phosphoric ester groups is 2. The second-order valence-electron chi connectivity index (χ2n) is 31.3. The summed E-state index contributed by atoms with van der Waals surface area (Å²) in [6.45, 7) is 11.9. The van der Waals surface area contributed by atoms with Crippen LogP contribution >= 0.6 is 15.6 Å². The van der Waals surface area contributed by atoms with Crippen LogP contribution in [0.4, 0.5) is 0 Å². The van der Waals surface area contributed by atoms with Crippen molar-refractivity contribution in [2.24, 2.45) is 17.8 Å². The predicted molar refractivity (Wildman–Crippen MR) is 418 cm³/mol. The minimum atomic E-state index is -4.96. The maximum Gasteiger partial charge on any atom is 0.472 e. The summed E-state index contributed by atoms with van der Waals surface area (Å²) in [5.41, 5.74) is 0. The highest BCUT2D eigenvalue weighted by atomic mass is 31.2. The molecule has 0 radical (unpaired) electrons. The number of aliphatic hydroxyl groups is 1. The van der Waals surface area contributed by atoms with Gasteiger partial charge in [-0.2, -0.15) is 0 Å². The zero-order valence-corrected chi connectivity index (χ0v) is 68.9. The Balaban J connectivity index is 5.24. The van der Waals surface area contributed by atoms with E-state index in [1.807, 2.05) is 0 Å². The molecule has 0 spiro atoms. The Morgan fingerprint density at radius 3 is 0.667 bits per heavy atom. The van der Waals surface area contributed by atoms with Crippen molar-refractivity contribution in [3.63, 3.8) is 0 Å². The standard InChI is InChI=1S/C83H162O17P2/c1-8-9-10-11-12-13-14-15-16-17-18-19-27-32-37-44-52-59-66-82(87)99-78(70-93-80(85)64-57-50-43-36-31-26-22-20-24-29-34-40-47-54-61-74(2)3)72-97-101(89,90)95-68-77(84)69-96-102(91,92)98-73-79(71-94-81(86)65-58-51-46-39-42-49-56-63-76(6)7)100-83(88)67-60-53-45-38-33-28-23-21-25-30-35-41-48-55-62-75(4)5/h74-79,84H,8-73H2,1-7H3,(H,89,90)(H,91,92)/t77-,78-,79-/m1/s1. The molecule has 0 amide bonds. The maximum absolute atomic E-state index is 13.1. The number of hydrogen-bond acceptors (Lipinski definition) is 15. The Morgan fingerprint density at radius 1 is 0.265 bits per heavy atom. The van der Waals surface area contributed by atoms with E-state index in [4.69, 9.17) is 37.0 Å². The van der Waals surface area contributed by atoms with Gasteiger partial charge in [-0.05, 0) is 43.4 Å². The number of unbranched alkanes of at least 4 members (excludes halogenated alkanes) is 49. The van der Waals surface area contributed by atoms with Crippen LogP contribution in [-0.4, -0.2) is 96.7 Å². The Labute approximate surface area is 626 Å². The smallest absolute Gasteiger partial charge is 0.462 e. The van der Waals surface area contributed by atoms with Gasteiger partial charge in [0.15, 0.2) is 12.2 Å². The molecule has 0 aromatic rings. The van der Waals surface area contributed by atoms with Crippen LogP contribution in [0.3, 0.4) is 0 Å². The minimum Gasteiger partial charge on any atom is -0.462 e. The molecule has 102 heavy (non-hydrogen) atoms. The van der Waals surface area contributed by atoms with E-state index in [0.29, 0.717) is 31.6 Å². The van der Waals surface area contributed by atoms with Gasteiger partial charge in [-0.3, -0.25) is 37.3 Å². The first-order valence-corrected chi connectivity index (χ1v) is 45.8. The monoisotopic (exact) mass is 1490 g/mol. The summed E-state index contributed by atoms with van der Waals surface area (Å²) in [4.78, 5) is 73.1. The molecule has 3 N–H and O–H groups in total.